The molecule has 7 nitrogen and oxygen atoms in total. The van der Waals surface area contributed by atoms with Crippen LogP contribution in [0.4, 0.5) is 20.5 Å². The largest absolute Gasteiger partial charge is 0.326 e. The summed E-state index contributed by atoms with van der Waals surface area (Å²) in [4.78, 5) is 20.0. The van der Waals surface area contributed by atoms with E-state index in [4.69, 9.17) is 0 Å². The Labute approximate surface area is 234 Å². The van der Waals surface area contributed by atoms with E-state index < -0.39 is 11.6 Å². The van der Waals surface area contributed by atoms with Gasteiger partial charge in [-0.2, -0.15) is 0 Å². The number of benzene rings is 1. The summed E-state index contributed by atoms with van der Waals surface area (Å²) < 4.78 is 31.9. The minimum absolute atomic E-state index is 0.00864. The van der Waals surface area contributed by atoms with E-state index in [1.54, 1.807) is 6.07 Å². The van der Waals surface area contributed by atoms with Crippen molar-refractivity contribution in [3.05, 3.63) is 65.3 Å². The zero-order valence-corrected chi connectivity index (χ0v) is 24.1. The van der Waals surface area contributed by atoms with Crippen molar-refractivity contribution in [3.8, 4) is 11.3 Å². The van der Waals surface area contributed by atoms with Crippen LogP contribution in [0.1, 0.15) is 64.9 Å². The van der Waals surface area contributed by atoms with Crippen LogP contribution in [0.2, 0.25) is 0 Å². The van der Waals surface area contributed by atoms with Crippen molar-refractivity contribution in [2.75, 3.05) is 25.0 Å². The molecule has 1 aliphatic heterocycles. The fourth-order valence-electron chi connectivity index (χ4n) is 5.90. The number of aromatic nitrogens is 5. The lowest BCUT2D eigenvalue weighted by atomic mass is 9.83. The van der Waals surface area contributed by atoms with E-state index in [0.29, 0.717) is 28.6 Å². The van der Waals surface area contributed by atoms with Crippen LogP contribution in [0, 0.1) is 24.5 Å². The van der Waals surface area contributed by atoms with Crippen LogP contribution in [-0.2, 0) is 0 Å². The number of rotatable bonds is 7. The van der Waals surface area contributed by atoms with Crippen molar-refractivity contribution in [2.45, 2.75) is 60.4 Å². The number of pyridine rings is 1. The molecule has 0 radical (unpaired) electrons. The van der Waals surface area contributed by atoms with E-state index in [-0.39, 0.29) is 23.2 Å². The number of piperidine rings is 1. The quantitative estimate of drug-likeness (QED) is 0.262. The maximum Gasteiger partial charge on any atom is 0.229 e. The van der Waals surface area contributed by atoms with Crippen LogP contribution in [0.15, 0.2) is 42.2 Å². The Balaban J connectivity index is 1.40. The fraction of sp³-hybridized carbons (Fsp3) is 0.419. The van der Waals surface area contributed by atoms with Gasteiger partial charge in [0.1, 0.15) is 22.9 Å². The first-order chi connectivity index (χ1) is 19.2. The molecule has 4 heterocycles. The van der Waals surface area contributed by atoms with Crippen LogP contribution in [0.3, 0.4) is 0 Å². The predicted molar refractivity (Wildman–Crippen MR) is 156 cm³/mol. The highest BCUT2D eigenvalue weighted by Gasteiger charge is 2.24. The number of imidazole rings is 1. The van der Waals surface area contributed by atoms with Gasteiger partial charge in [0.15, 0.2) is 11.6 Å². The topological polar surface area (TPSA) is 71.8 Å². The van der Waals surface area contributed by atoms with Crippen LogP contribution < -0.4 is 5.32 Å². The molecule has 1 saturated heterocycles. The summed E-state index contributed by atoms with van der Waals surface area (Å²) >= 11 is 0. The molecule has 0 aliphatic carbocycles. The number of likely N-dealkylation sites (tertiary alicyclic amines) is 1. The highest BCUT2D eigenvalue weighted by Crippen LogP contribution is 2.35. The normalized spacial score (nSPS) is 14.7. The number of nitrogens with zero attached hydrogens (tertiary/aromatic N) is 6. The summed E-state index contributed by atoms with van der Waals surface area (Å²) in [6.45, 7) is 15.7. The number of fused-ring (bicyclic) bond motifs is 1. The number of halogens is 2. The highest BCUT2D eigenvalue weighted by molar-refractivity contribution is 5.83. The molecule has 0 amide bonds. The number of allylic oxidation sites excluding steroid dienone is 2. The van der Waals surface area contributed by atoms with E-state index in [9.17, 15) is 4.39 Å². The summed E-state index contributed by atoms with van der Waals surface area (Å²) in [5, 5.41) is 3.08. The Bertz CT molecular complexity index is 1540. The maximum absolute atomic E-state index is 15.0. The molecule has 1 fully saturated rings. The first-order valence-corrected chi connectivity index (χ1v) is 14.0. The first-order valence-electron chi connectivity index (χ1n) is 14.0. The fourth-order valence-corrected chi connectivity index (χ4v) is 5.90. The number of anilines is 2. The molecule has 1 N–H and O–H groups in total. The number of hydrogen-bond donors (Lipinski definition) is 1. The lowest BCUT2D eigenvalue weighted by Gasteiger charge is -2.33. The number of nitrogens with one attached hydrogen (secondary N) is 1. The molecule has 40 heavy (non-hydrogen) atoms. The molecular weight excluding hydrogens is 508 g/mol. The summed E-state index contributed by atoms with van der Waals surface area (Å²) in [6, 6.07) is 7.02. The minimum Gasteiger partial charge on any atom is -0.326 e. The zero-order chi connectivity index (χ0) is 28.6. The van der Waals surface area contributed by atoms with Crippen molar-refractivity contribution in [1.82, 2.24) is 29.4 Å². The van der Waals surface area contributed by atoms with E-state index in [2.05, 4.69) is 57.0 Å². The molecule has 1 aromatic carbocycles. The van der Waals surface area contributed by atoms with Gasteiger partial charge in [-0.05, 0) is 108 Å². The molecule has 0 unspecified atom stereocenters. The van der Waals surface area contributed by atoms with Gasteiger partial charge in [0, 0.05) is 17.8 Å². The molecule has 4 aromatic rings. The van der Waals surface area contributed by atoms with Crippen molar-refractivity contribution in [3.63, 3.8) is 0 Å². The lowest BCUT2D eigenvalue weighted by molar-refractivity contribution is 0.216. The van der Waals surface area contributed by atoms with Crippen molar-refractivity contribution >= 4 is 28.4 Å². The van der Waals surface area contributed by atoms with E-state index in [1.165, 1.54) is 17.2 Å². The summed E-state index contributed by atoms with van der Waals surface area (Å²) in [7, 11) is 0. The second-order valence-corrected chi connectivity index (χ2v) is 11.0. The molecule has 0 bridgehead atoms. The second-order valence-electron chi connectivity index (χ2n) is 11.0. The Kier molecular flexibility index (Phi) is 7.94. The van der Waals surface area contributed by atoms with Gasteiger partial charge in [-0.3, -0.25) is 0 Å². The SMILES string of the molecule is CCN1CCC(C(=C(C)C)c2ccc(Nc3ncc(F)c(-c4cc(F)c5nc(C)n(C(C)C)c5c4)n3)nc2)CC1. The smallest absolute Gasteiger partial charge is 0.229 e. The van der Waals surface area contributed by atoms with Crippen molar-refractivity contribution in [2.24, 2.45) is 5.92 Å². The molecule has 1 aliphatic rings. The average molecular weight is 546 g/mol. The predicted octanol–water partition coefficient (Wildman–Crippen LogP) is 7.32. The van der Waals surface area contributed by atoms with E-state index >= 15 is 4.39 Å². The van der Waals surface area contributed by atoms with Gasteiger partial charge in [-0.1, -0.05) is 12.5 Å². The van der Waals surface area contributed by atoms with Crippen LogP contribution in [0.25, 0.3) is 27.9 Å². The van der Waals surface area contributed by atoms with Gasteiger partial charge in [0.05, 0.1) is 11.7 Å². The molecule has 0 atom stereocenters. The third kappa shape index (κ3) is 5.47. The minimum atomic E-state index is -0.637. The standard InChI is InChI=1S/C31H37F2N7/c1-7-39-12-10-21(11-13-39)28(18(2)3)22-8-9-27(34-16-22)37-31-35-17-25(33)29(38-31)23-14-24(32)30-26(15-23)40(19(4)5)20(6)36-30/h8-9,14-17,19,21H,7,10-13H2,1-6H3,(H,34,35,37,38). The Morgan fingerprint density at radius 1 is 1.02 bits per heavy atom. The maximum atomic E-state index is 15.0. The van der Waals surface area contributed by atoms with Crippen LogP contribution >= 0.6 is 0 Å². The van der Waals surface area contributed by atoms with Crippen molar-refractivity contribution in [1.29, 1.82) is 0 Å². The monoisotopic (exact) mass is 545 g/mol. The Hall–Kier alpha value is -3.72. The van der Waals surface area contributed by atoms with Gasteiger partial charge in [-0.15, -0.1) is 0 Å². The molecule has 3 aromatic heterocycles. The third-order valence-electron chi connectivity index (χ3n) is 7.76. The van der Waals surface area contributed by atoms with Gasteiger partial charge < -0.3 is 14.8 Å². The van der Waals surface area contributed by atoms with Gasteiger partial charge in [0.25, 0.3) is 0 Å². The lowest BCUT2D eigenvalue weighted by Crippen LogP contribution is -2.33. The second kappa shape index (κ2) is 11.4. The van der Waals surface area contributed by atoms with Crippen LogP contribution in [0.5, 0.6) is 0 Å². The first kappa shape index (κ1) is 27.8. The molecule has 9 heteroatoms. The summed E-state index contributed by atoms with van der Waals surface area (Å²) in [6.07, 6.45) is 5.25. The summed E-state index contributed by atoms with van der Waals surface area (Å²) in [5.41, 5.74) is 4.98. The van der Waals surface area contributed by atoms with Gasteiger partial charge >= 0.3 is 0 Å². The van der Waals surface area contributed by atoms with Crippen molar-refractivity contribution < 1.29 is 8.78 Å². The third-order valence-corrected chi connectivity index (χ3v) is 7.76. The van der Waals surface area contributed by atoms with Gasteiger partial charge in [0.2, 0.25) is 5.95 Å². The molecule has 0 saturated carbocycles. The van der Waals surface area contributed by atoms with E-state index in [1.807, 2.05) is 37.6 Å². The molecular formula is C31H37F2N7. The Morgan fingerprint density at radius 2 is 1.77 bits per heavy atom. The molecule has 0 spiro atoms. The van der Waals surface area contributed by atoms with Crippen LogP contribution in [-0.4, -0.2) is 49.0 Å². The Morgan fingerprint density at radius 3 is 2.40 bits per heavy atom. The highest BCUT2D eigenvalue weighted by atomic mass is 19.1. The number of hydrogen-bond acceptors (Lipinski definition) is 6. The average Bonchev–Trinajstić information content (AvgIpc) is 3.27. The number of aryl methyl sites for hydroxylation is 1. The molecule has 5 rings (SSSR count). The summed E-state index contributed by atoms with van der Waals surface area (Å²) in [5.74, 6) is 0.789. The van der Waals surface area contributed by atoms with E-state index in [0.717, 1.165) is 44.2 Å². The zero-order valence-electron chi connectivity index (χ0n) is 24.1. The van der Waals surface area contributed by atoms with Gasteiger partial charge in [-0.25, -0.2) is 28.7 Å². The molecule has 210 valence electrons.